The summed E-state index contributed by atoms with van der Waals surface area (Å²) in [6, 6.07) is 0.204. The number of hydrogen-bond acceptors (Lipinski definition) is 3. The molecule has 2 saturated heterocycles. The second-order valence-electron chi connectivity index (χ2n) is 5.23. The van der Waals surface area contributed by atoms with Gasteiger partial charge in [-0.05, 0) is 20.8 Å². The van der Waals surface area contributed by atoms with Crippen molar-refractivity contribution < 1.29 is 4.79 Å². The van der Waals surface area contributed by atoms with Crippen LogP contribution in [0.4, 0.5) is 0 Å². The first-order valence-corrected chi connectivity index (χ1v) is 6.34. The molecule has 3 heteroatoms. The second-order valence-corrected chi connectivity index (χ2v) is 6.65. The Hall–Kier alpha value is -0.0200. The van der Waals surface area contributed by atoms with Gasteiger partial charge >= 0.3 is 0 Å². The summed E-state index contributed by atoms with van der Waals surface area (Å²) in [6.07, 6.45) is 0.682. The minimum atomic E-state index is 0.142. The molecule has 0 aromatic carbocycles. The lowest BCUT2D eigenvalue weighted by atomic mass is 10.0. The normalized spacial score (nSPS) is 37.0. The molecule has 0 N–H and O–H groups in total. The number of likely N-dealkylation sites (tertiary alicyclic amines) is 1. The van der Waals surface area contributed by atoms with Gasteiger partial charge in [0.15, 0.2) is 5.78 Å². The van der Waals surface area contributed by atoms with Crippen molar-refractivity contribution in [1.29, 1.82) is 0 Å². The Kier molecular flexibility index (Phi) is 2.43. The zero-order valence-corrected chi connectivity index (χ0v) is 10.2. The highest BCUT2D eigenvalue weighted by Crippen LogP contribution is 2.52. The van der Waals surface area contributed by atoms with Crippen molar-refractivity contribution in [2.75, 3.05) is 6.54 Å². The molecular weight excluding hydrogens is 194 g/mol. The van der Waals surface area contributed by atoms with E-state index in [0.717, 1.165) is 11.8 Å². The summed E-state index contributed by atoms with van der Waals surface area (Å²) < 4.78 is 0. The van der Waals surface area contributed by atoms with Gasteiger partial charge in [-0.15, -0.1) is 11.8 Å². The van der Waals surface area contributed by atoms with Crippen LogP contribution in [0.2, 0.25) is 0 Å². The number of nitrogens with zero attached hydrogens (tertiary/aromatic N) is 1. The summed E-state index contributed by atoms with van der Waals surface area (Å²) in [5.74, 6) is 0.428. The van der Waals surface area contributed by atoms with Gasteiger partial charge in [0, 0.05) is 29.0 Å². The average Bonchev–Trinajstić information content (AvgIpc) is 2.74. The monoisotopic (exact) mass is 213 g/mol. The Labute approximate surface area is 90.4 Å². The first-order chi connectivity index (χ1) is 6.45. The lowest BCUT2D eigenvalue weighted by Crippen LogP contribution is -2.50. The van der Waals surface area contributed by atoms with Gasteiger partial charge in [-0.3, -0.25) is 9.69 Å². The van der Waals surface area contributed by atoms with Crippen LogP contribution in [0.3, 0.4) is 0 Å². The molecule has 0 amide bonds. The van der Waals surface area contributed by atoms with Gasteiger partial charge in [-0.2, -0.15) is 0 Å². The number of carbonyl (C=O) groups is 1. The number of fused-ring (bicyclic) bond motifs is 1. The summed E-state index contributed by atoms with van der Waals surface area (Å²) in [7, 11) is 0. The molecule has 2 rings (SSSR count). The number of ketones is 1. The molecule has 2 heterocycles. The maximum Gasteiger partial charge on any atom is 0.150 e. The van der Waals surface area contributed by atoms with E-state index in [1.807, 2.05) is 18.7 Å². The zero-order valence-electron chi connectivity index (χ0n) is 9.41. The summed E-state index contributed by atoms with van der Waals surface area (Å²) in [4.78, 5) is 14.2. The third kappa shape index (κ3) is 1.61. The van der Waals surface area contributed by atoms with E-state index in [0.29, 0.717) is 17.5 Å². The van der Waals surface area contributed by atoms with Gasteiger partial charge < -0.3 is 0 Å². The van der Waals surface area contributed by atoms with Crippen LogP contribution in [0.15, 0.2) is 0 Å². The van der Waals surface area contributed by atoms with E-state index in [4.69, 9.17) is 0 Å². The van der Waals surface area contributed by atoms with E-state index >= 15 is 0 Å². The third-order valence-electron chi connectivity index (χ3n) is 3.19. The Morgan fingerprint density at radius 3 is 2.64 bits per heavy atom. The fourth-order valence-corrected chi connectivity index (χ4v) is 3.57. The molecule has 2 aliphatic heterocycles. The van der Waals surface area contributed by atoms with Crippen molar-refractivity contribution in [3.63, 3.8) is 0 Å². The van der Waals surface area contributed by atoms with Crippen LogP contribution in [0.25, 0.3) is 0 Å². The number of hydrogen-bond donors (Lipinski definition) is 0. The standard InChI is InChI=1S/C11H19NOS/c1-5-7(13)9-10-8(14-10)6-12(9)11(2,3)4/h8-10H,5-6H2,1-4H3. The lowest BCUT2D eigenvalue weighted by molar-refractivity contribution is -0.124. The van der Waals surface area contributed by atoms with Gasteiger partial charge in [0.2, 0.25) is 0 Å². The lowest BCUT2D eigenvalue weighted by Gasteiger charge is -2.37. The van der Waals surface area contributed by atoms with Crippen LogP contribution < -0.4 is 0 Å². The average molecular weight is 213 g/mol. The third-order valence-corrected chi connectivity index (χ3v) is 4.56. The van der Waals surface area contributed by atoms with Crippen molar-refractivity contribution in [2.24, 2.45) is 0 Å². The Balaban J connectivity index is 2.15. The molecule has 0 spiro atoms. The largest absolute Gasteiger partial charge is 0.298 e. The first-order valence-electron chi connectivity index (χ1n) is 5.40. The topological polar surface area (TPSA) is 20.3 Å². The molecule has 0 aliphatic carbocycles. The van der Waals surface area contributed by atoms with Crippen molar-refractivity contribution in [2.45, 2.75) is 56.2 Å². The Bertz CT molecular complexity index is 259. The zero-order chi connectivity index (χ0) is 10.5. The van der Waals surface area contributed by atoms with Gasteiger partial charge in [-0.25, -0.2) is 0 Å². The highest BCUT2D eigenvalue weighted by Gasteiger charge is 2.57. The van der Waals surface area contributed by atoms with Crippen molar-refractivity contribution in [3.05, 3.63) is 0 Å². The molecule has 2 aliphatic rings. The van der Waals surface area contributed by atoms with Crippen molar-refractivity contribution in [1.82, 2.24) is 4.90 Å². The Morgan fingerprint density at radius 2 is 2.14 bits per heavy atom. The molecule has 0 aromatic heterocycles. The maximum absolute atomic E-state index is 11.9. The highest BCUT2D eigenvalue weighted by molar-refractivity contribution is 8.07. The molecule has 14 heavy (non-hydrogen) atoms. The molecular formula is C11H19NOS. The van der Waals surface area contributed by atoms with Gasteiger partial charge in [-0.1, -0.05) is 6.92 Å². The molecule has 2 nitrogen and oxygen atoms in total. The molecule has 0 aromatic rings. The highest BCUT2D eigenvalue weighted by atomic mass is 32.2. The van der Waals surface area contributed by atoms with Gasteiger partial charge in [0.25, 0.3) is 0 Å². The van der Waals surface area contributed by atoms with Crippen LogP contribution in [0.1, 0.15) is 34.1 Å². The van der Waals surface area contributed by atoms with Gasteiger partial charge in [0.1, 0.15) is 0 Å². The van der Waals surface area contributed by atoms with Crippen molar-refractivity contribution in [3.8, 4) is 0 Å². The van der Waals surface area contributed by atoms with Crippen LogP contribution >= 0.6 is 11.8 Å². The smallest absolute Gasteiger partial charge is 0.150 e. The summed E-state index contributed by atoms with van der Waals surface area (Å²) >= 11 is 1.99. The minimum absolute atomic E-state index is 0.142. The maximum atomic E-state index is 11.9. The van der Waals surface area contributed by atoms with E-state index in [2.05, 4.69) is 25.7 Å². The first kappa shape index (κ1) is 10.5. The van der Waals surface area contributed by atoms with Gasteiger partial charge in [0.05, 0.1) is 6.04 Å². The molecule has 0 bridgehead atoms. The van der Waals surface area contributed by atoms with E-state index in [1.54, 1.807) is 0 Å². The van der Waals surface area contributed by atoms with E-state index in [1.165, 1.54) is 0 Å². The number of Topliss-reactive ketones (excluding diaryl/α,β-unsaturated/α-hetero) is 1. The summed E-state index contributed by atoms with van der Waals surface area (Å²) in [5, 5.41) is 1.36. The second kappa shape index (κ2) is 3.24. The molecule has 0 saturated carbocycles. The predicted octanol–water partition coefficient (Wildman–Crippen LogP) is 1.93. The minimum Gasteiger partial charge on any atom is -0.298 e. The quantitative estimate of drug-likeness (QED) is 0.654. The van der Waals surface area contributed by atoms with Crippen LogP contribution in [-0.4, -0.2) is 39.3 Å². The van der Waals surface area contributed by atoms with Crippen LogP contribution in [0.5, 0.6) is 0 Å². The molecule has 3 unspecified atom stereocenters. The molecule has 3 atom stereocenters. The molecule has 0 radical (unpaired) electrons. The summed E-state index contributed by atoms with van der Waals surface area (Å²) in [6.45, 7) is 9.70. The molecule has 80 valence electrons. The number of carbonyl (C=O) groups excluding carboxylic acids is 1. The van der Waals surface area contributed by atoms with Crippen molar-refractivity contribution >= 4 is 17.5 Å². The van der Waals surface area contributed by atoms with Crippen LogP contribution in [-0.2, 0) is 4.79 Å². The SMILES string of the molecule is CCC(=O)C1C2SC2CN1C(C)(C)C. The van der Waals surface area contributed by atoms with E-state index in [9.17, 15) is 4.79 Å². The fraction of sp³-hybridized carbons (Fsp3) is 0.909. The van der Waals surface area contributed by atoms with Crippen LogP contribution in [0, 0.1) is 0 Å². The number of thioether (sulfide) groups is 1. The molecule has 2 fully saturated rings. The summed E-state index contributed by atoms with van der Waals surface area (Å²) in [5.41, 5.74) is 0.142. The predicted molar refractivity (Wildman–Crippen MR) is 60.7 cm³/mol. The number of rotatable bonds is 2. The van der Waals surface area contributed by atoms with E-state index in [-0.39, 0.29) is 11.6 Å². The fourth-order valence-electron chi connectivity index (χ4n) is 2.32. The van der Waals surface area contributed by atoms with E-state index < -0.39 is 0 Å². The Morgan fingerprint density at radius 1 is 1.50 bits per heavy atom.